The van der Waals surface area contributed by atoms with Crippen LogP contribution in [0.5, 0.6) is 11.6 Å². The maximum Gasteiger partial charge on any atom is 0.264 e. The van der Waals surface area contributed by atoms with E-state index in [1.807, 2.05) is 0 Å². The molecule has 0 saturated carbocycles. The van der Waals surface area contributed by atoms with E-state index < -0.39 is 10.0 Å². The Hall–Kier alpha value is -3.52. The van der Waals surface area contributed by atoms with Crippen molar-refractivity contribution in [1.29, 1.82) is 0 Å². The molecule has 4 rings (SSSR count). The predicted molar refractivity (Wildman–Crippen MR) is 103 cm³/mol. The smallest absolute Gasteiger partial charge is 0.264 e. The third kappa shape index (κ3) is 3.77. The van der Waals surface area contributed by atoms with Gasteiger partial charge in [0.1, 0.15) is 16.5 Å². The van der Waals surface area contributed by atoms with Gasteiger partial charge in [0.2, 0.25) is 5.88 Å². The Balaban J connectivity index is 1.55. The van der Waals surface area contributed by atoms with Gasteiger partial charge in [-0.2, -0.15) is 0 Å². The van der Waals surface area contributed by atoms with Gasteiger partial charge >= 0.3 is 0 Å². The maximum atomic E-state index is 12.9. The fraction of sp³-hybridized carbons (Fsp3) is 0. The first-order valence-electron chi connectivity index (χ1n) is 8.27. The molecule has 0 unspecified atom stereocenters. The number of nitrogens with one attached hydrogen (secondary N) is 1. The van der Waals surface area contributed by atoms with E-state index >= 15 is 0 Å². The molecule has 0 radical (unpaired) electrons. The average molecular weight is 395 g/mol. The van der Waals surface area contributed by atoms with Crippen molar-refractivity contribution >= 4 is 26.6 Å². The Morgan fingerprint density at radius 3 is 2.43 bits per heavy atom. The Morgan fingerprint density at radius 2 is 1.68 bits per heavy atom. The van der Waals surface area contributed by atoms with Crippen LogP contribution in [0.4, 0.5) is 10.1 Å². The molecule has 8 heteroatoms. The molecule has 2 heterocycles. The van der Waals surface area contributed by atoms with Crippen molar-refractivity contribution in [2.24, 2.45) is 0 Å². The van der Waals surface area contributed by atoms with Crippen molar-refractivity contribution in [1.82, 2.24) is 9.97 Å². The molecule has 0 fully saturated rings. The third-order valence-electron chi connectivity index (χ3n) is 3.91. The van der Waals surface area contributed by atoms with Crippen LogP contribution in [-0.2, 0) is 10.0 Å². The minimum atomic E-state index is -3.85. The van der Waals surface area contributed by atoms with Crippen LogP contribution in [0.1, 0.15) is 0 Å². The second-order valence-electron chi connectivity index (χ2n) is 5.88. The number of halogens is 1. The Kier molecular flexibility index (Phi) is 4.62. The lowest BCUT2D eigenvalue weighted by atomic mass is 10.2. The summed E-state index contributed by atoms with van der Waals surface area (Å²) in [5, 5.41) is 0.728. The lowest BCUT2D eigenvalue weighted by Gasteiger charge is -2.10. The Labute approximate surface area is 160 Å². The minimum Gasteiger partial charge on any atom is -0.439 e. The van der Waals surface area contributed by atoms with Crippen LogP contribution in [-0.4, -0.2) is 18.4 Å². The summed E-state index contributed by atoms with van der Waals surface area (Å²) in [6.45, 7) is 0. The number of pyridine rings is 2. The average Bonchev–Trinajstić information content (AvgIpc) is 2.70. The van der Waals surface area contributed by atoms with Gasteiger partial charge in [0.25, 0.3) is 10.0 Å². The standard InChI is InChI=1S/C20H14FN3O3S/c21-15-6-9-17(10-7-15)27-19-11-8-16(13-23-19)24-28(25,26)18-5-1-3-14-4-2-12-22-20(14)18/h1-13,24H. The van der Waals surface area contributed by atoms with Gasteiger partial charge in [-0.1, -0.05) is 18.2 Å². The van der Waals surface area contributed by atoms with Gasteiger partial charge in [0, 0.05) is 17.6 Å². The van der Waals surface area contributed by atoms with Gasteiger partial charge in [-0.05, 0) is 42.5 Å². The first-order valence-corrected chi connectivity index (χ1v) is 9.76. The molecule has 0 aliphatic heterocycles. The summed E-state index contributed by atoms with van der Waals surface area (Å²) < 4.78 is 46.5. The van der Waals surface area contributed by atoms with E-state index in [1.165, 1.54) is 48.7 Å². The summed E-state index contributed by atoms with van der Waals surface area (Å²) >= 11 is 0. The largest absolute Gasteiger partial charge is 0.439 e. The van der Waals surface area contributed by atoms with Crippen LogP contribution < -0.4 is 9.46 Å². The summed E-state index contributed by atoms with van der Waals surface area (Å²) in [6, 6.07) is 17.0. The highest BCUT2D eigenvalue weighted by atomic mass is 32.2. The fourth-order valence-electron chi connectivity index (χ4n) is 2.63. The number of benzene rings is 2. The van der Waals surface area contributed by atoms with Crippen LogP contribution in [0.2, 0.25) is 0 Å². The zero-order valence-electron chi connectivity index (χ0n) is 14.4. The molecule has 0 bridgehead atoms. The molecule has 28 heavy (non-hydrogen) atoms. The molecular formula is C20H14FN3O3S. The first kappa shape index (κ1) is 17.9. The van der Waals surface area contributed by atoms with Gasteiger partial charge in [-0.25, -0.2) is 17.8 Å². The molecule has 0 spiro atoms. The highest BCUT2D eigenvalue weighted by Crippen LogP contribution is 2.25. The molecule has 0 aliphatic carbocycles. The Bertz CT molecular complexity index is 1220. The van der Waals surface area contributed by atoms with Crippen LogP contribution in [0, 0.1) is 5.82 Å². The van der Waals surface area contributed by atoms with Gasteiger partial charge in [-0.3, -0.25) is 9.71 Å². The zero-order chi connectivity index (χ0) is 19.6. The number of fused-ring (bicyclic) bond motifs is 1. The number of hydrogen-bond acceptors (Lipinski definition) is 5. The van der Waals surface area contributed by atoms with E-state index in [-0.39, 0.29) is 22.3 Å². The van der Waals surface area contributed by atoms with E-state index in [9.17, 15) is 12.8 Å². The highest BCUT2D eigenvalue weighted by molar-refractivity contribution is 7.93. The van der Waals surface area contributed by atoms with E-state index in [0.29, 0.717) is 11.3 Å². The van der Waals surface area contributed by atoms with Crippen molar-refractivity contribution in [3.63, 3.8) is 0 Å². The van der Waals surface area contributed by atoms with E-state index in [0.717, 1.165) is 5.39 Å². The zero-order valence-corrected chi connectivity index (χ0v) is 15.2. The van der Waals surface area contributed by atoms with Crippen molar-refractivity contribution in [3.05, 3.63) is 84.9 Å². The molecule has 4 aromatic rings. The molecule has 2 aromatic carbocycles. The summed E-state index contributed by atoms with van der Waals surface area (Å²) in [6.07, 6.45) is 2.89. The first-order chi connectivity index (χ1) is 13.5. The van der Waals surface area contributed by atoms with Crippen molar-refractivity contribution < 1.29 is 17.5 Å². The summed E-state index contributed by atoms with van der Waals surface area (Å²) in [5.74, 6) is 0.304. The second kappa shape index (κ2) is 7.24. The molecule has 6 nitrogen and oxygen atoms in total. The number of hydrogen-bond donors (Lipinski definition) is 1. The van der Waals surface area contributed by atoms with Crippen LogP contribution in [0.25, 0.3) is 10.9 Å². The molecule has 0 amide bonds. The van der Waals surface area contributed by atoms with E-state index in [2.05, 4.69) is 14.7 Å². The molecule has 0 aliphatic rings. The summed E-state index contributed by atoms with van der Waals surface area (Å²) in [5.41, 5.74) is 0.668. The minimum absolute atomic E-state index is 0.0808. The molecule has 2 aromatic heterocycles. The van der Waals surface area contributed by atoms with E-state index in [1.54, 1.807) is 30.5 Å². The van der Waals surface area contributed by atoms with Crippen molar-refractivity contribution in [3.8, 4) is 11.6 Å². The molecular weight excluding hydrogens is 381 g/mol. The van der Waals surface area contributed by atoms with E-state index in [4.69, 9.17) is 4.74 Å². The summed E-state index contributed by atoms with van der Waals surface area (Å²) in [4.78, 5) is 8.33. The quantitative estimate of drug-likeness (QED) is 0.543. The maximum absolute atomic E-state index is 12.9. The number of sulfonamides is 1. The van der Waals surface area contributed by atoms with Crippen LogP contribution in [0.15, 0.2) is 84.0 Å². The number of anilines is 1. The van der Waals surface area contributed by atoms with Crippen LogP contribution >= 0.6 is 0 Å². The van der Waals surface area contributed by atoms with Gasteiger partial charge < -0.3 is 4.74 Å². The molecule has 1 N–H and O–H groups in total. The lowest BCUT2D eigenvalue weighted by molar-refractivity contribution is 0.461. The molecule has 0 saturated heterocycles. The SMILES string of the molecule is O=S(=O)(Nc1ccc(Oc2ccc(F)cc2)nc1)c1cccc2cccnc12. The number of nitrogens with zero attached hydrogens (tertiary/aromatic N) is 2. The molecule has 140 valence electrons. The predicted octanol–water partition coefficient (Wildman–Crippen LogP) is 4.36. The number of para-hydroxylation sites is 1. The normalized spacial score (nSPS) is 11.3. The van der Waals surface area contributed by atoms with Gasteiger partial charge in [0.05, 0.1) is 17.4 Å². The monoisotopic (exact) mass is 395 g/mol. The third-order valence-corrected chi connectivity index (χ3v) is 5.32. The van der Waals surface area contributed by atoms with Crippen LogP contribution in [0.3, 0.4) is 0 Å². The second-order valence-corrected chi connectivity index (χ2v) is 7.53. The van der Waals surface area contributed by atoms with Crippen molar-refractivity contribution in [2.75, 3.05) is 4.72 Å². The van der Waals surface area contributed by atoms with Crippen molar-refractivity contribution in [2.45, 2.75) is 4.90 Å². The lowest BCUT2D eigenvalue weighted by Crippen LogP contribution is -2.14. The number of rotatable bonds is 5. The highest BCUT2D eigenvalue weighted by Gasteiger charge is 2.18. The Morgan fingerprint density at radius 1 is 0.893 bits per heavy atom. The molecule has 0 atom stereocenters. The topological polar surface area (TPSA) is 81.2 Å². The number of aromatic nitrogens is 2. The fourth-order valence-corrected chi connectivity index (χ4v) is 3.85. The van der Waals surface area contributed by atoms with Gasteiger partial charge in [-0.15, -0.1) is 0 Å². The number of ether oxygens (including phenoxy) is 1. The summed E-state index contributed by atoms with van der Waals surface area (Å²) in [7, 11) is -3.85. The van der Waals surface area contributed by atoms with Gasteiger partial charge in [0.15, 0.2) is 0 Å².